The molecule has 0 aliphatic heterocycles. The van der Waals surface area contributed by atoms with Crippen LogP contribution in [0.5, 0.6) is 0 Å². The van der Waals surface area contributed by atoms with Gasteiger partial charge in [-0.1, -0.05) is 0 Å². The van der Waals surface area contributed by atoms with Crippen molar-refractivity contribution in [2.45, 2.75) is 20.8 Å². The van der Waals surface area contributed by atoms with Gasteiger partial charge in [-0.05, 0) is 47.8 Å². The van der Waals surface area contributed by atoms with E-state index in [1.165, 1.54) is 0 Å². The second-order valence-electron chi connectivity index (χ2n) is 3.97. The average Bonchev–Trinajstić information content (AvgIpc) is 2.32. The largest absolute Gasteiger partial charge is 0.446 e. The molecule has 0 atom stereocenters. The molecule has 1 aliphatic carbocycles. The van der Waals surface area contributed by atoms with Gasteiger partial charge in [0.15, 0.2) is 11.6 Å². The van der Waals surface area contributed by atoms with Gasteiger partial charge in [-0.25, -0.2) is 0 Å². The van der Waals surface area contributed by atoms with Crippen LogP contribution in [-0.2, 0) is 0 Å². The first-order valence-electron chi connectivity index (χ1n) is 5.43. The highest BCUT2D eigenvalue weighted by Gasteiger charge is 2.37. The van der Waals surface area contributed by atoms with Crippen LogP contribution >= 0.6 is 23.5 Å². The van der Waals surface area contributed by atoms with E-state index in [4.69, 9.17) is 0 Å². The van der Waals surface area contributed by atoms with Crippen LogP contribution in [0.4, 0.5) is 26.3 Å². The van der Waals surface area contributed by atoms with Gasteiger partial charge in [-0.2, -0.15) is 26.3 Å². The van der Waals surface area contributed by atoms with Crippen LogP contribution in [-0.4, -0.2) is 22.6 Å². The van der Waals surface area contributed by atoms with E-state index < -0.39 is 67.0 Å². The first-order chi connectivity index (χ1) is 9.98. The third kappa shape index (κ3) is 3.86. The number of halogens is 6. The molecule has 2 nitrogen and oxygen atoms in total. The molecular formula is C12H4F6O2S2. The topological polar surface area (TPSA) is 34.1 Å². The maximum absolute atomic E-state index is 12.5. The Balaban J connectivity index is 2.62. The SMILES string of the molecule is O=C1C=CC(=O)c2c(SC(F)(F)F)ccc(SC(F)(F)F)c21. The van der Waals surface area contributed by atoms with Crippen molar-refractivity contribution >= 4 is 35.1 Å². The molecule has 10 heteroatoms. The summed E-state index contributed by atoms with van der Waals surface area (Å²) in [5.74, 6) is -1.88. The monoisotopic (exact) mass is 358 g/mol. The second kappa shape index (κ2) is 5.65. The highest BCUT2D eigenvalue weighted by atomic mass is 32.2. The van der Waals surface area contributed by atoms with E-state index in [9.17, 15) is 35.9 Å². The normalized spacial score (nSPS) is 15.2. The molecule has 0 bridgehead atoms. The minimum absolute atomic E-state index is 0.600. The van der Waals surface area contributed by atoms with Gasteiger partial charge < -0.3 is 0 Å². The van der Waals surface area contributed by atoms with Crippen molar-refractivity contribution in [2.24, 2.45) is 0 Å². The second-order valence-corrected chi connectivity index (χ2v) is 6.18. The fourth-order valence-corrected chi connectivity index (χ4v) is 3.17. The maximum atomic E-state index is 12.5. The molecule has 0 saturated heterocycles. The Labute approximate surface area is 127 Å². The molecule has 0 radical (unpaired) electrons. The molecule has 0 amide bonds. The highest BCUT2D eigenvalue weighted by Crippen LogP contribution is 2.45. The van der Waals surface area contributed by atoms with Crippen LogP contribution in [0.25, 0.3) is 0 Å². The Morgan fingerprint density at radius 2 is 1.00 bits per heavy atom. The van der Waals surface area contributed by atoms with E-state index in [2.05, 4.69) is 0 Å². The zero-order valence-corrected chi connectivity index (χ0v) is 11.8. The van der Waals surface area contributed by atoms with Gasteiger partial charge in [-0.3, -0.25) is 9.59 Å². The Bertz CT molecular complexity index is 618. The van der Waals surface area contributed by atoms with E-state index in [-0.39, 0.29) is 0 Å². The molecule has 1 aromatic carbocycles. The summed E-state index contributed by atoms with van der Waals surface area (Å²) in [6, 6.07) is 1.52. The summed E-state index contributed by atoms with van der Waals surface area (Å²) in [6.07, 6.45) is 1.49. The molecule has 1 aromatic rings. The van der Waals surface area contributed by atoms with E-state index in [1.807, 2.05) is 0 Å². The van der Waals surface area contributed by atoms with Gasteiger partial charge in [0, 0.05) is 20.9 Å². The third-order valence-corrected chi connectivity index (χ3v) is 4.04. The number of rotatable bonds is 2. The van der Waals surface area contributed by atoms with Crippen molar-refractivity contribution in [3.8, 4) is 0 Å². The smallest absolute Gasteiger partial charge is 0.289 e. The molecule has 0 aromatic heterocycles. The lowest BCUT2D eigenvalue weighted by Crippen LogP contribution is -2.16. The van der Waals surface area contributed by atoms with Crippen LogP contribution < -0.4 is 0 Å². The number of carbonyl (C=O) groups is 2. The minimum atomic E-state index is -4.74. The van der Waals surface area contributed by atoms with Crippen LogP contribution in [0.1, 0.15) is 20.7 Å². The molecular weight excluding hydrogens is 354 g/mol. The van der Waals surface area contributed by atoms with Crippen molar-refractivity contribution in [2.75, 3.05) is 0 Å². The first kappa shape index (κ1) is 16.9. The molecule has 1 aliphatic rings. The summed E-state index contributed by atoms with van der Waals surface area (Å²) >= 11 is -1.30. The summed E-state index contributed by atoms with van der Waals surface area (Å²) in [5.41, 5.74) is -10.8. The number of hydrogen-bond acceptors (Lipinski definition) is 4. The summed E-state index contributed by atoms with van der Waals surface area (Å²) in [5, 5.41) is 0. The van der Waals surface area contributed by atoms with E-state index in [1.54, 1.807) is 0 Å². The number of fused-ring (bicyclic) bond motifs is 1. The summed E-state index contributed by atoms with van der Waals surface area (Å²) < 4.78 is 74.8. The Hall–Kier alpha value is -1.42. The highest BCUT2D eigenvalue weighted by molar-refractivity contribution is 8.00. The number of allylic oxidation sites excluding steroid dienone is 2. The van der Waals surface area contributed by atoms with Crippen LogP contribution in [0, 0.1) is 0 Å². The molecule has 0 unspecified atom stereocenters. The van der Waals surface area contributed by atoms with Crippen molar-refractivity contribution in [3.05, 3.63) is 35.4 Å². The number of thioether (sulfide) groups is 2. The van der Waals surface area contributed by atoms with Crippen molar-refractivity contribution < 1.29 is 35.9 Å². The number of alkyl halides is 6. The molecule has 2 rings (SSSR count). The summed E-state index contributed by atoms with van der Waals surface area (Å²) in [4.78, 5) is 22.3. The van der Waals surface area contributed by atoms with Crippen molar-refractivity contribution in [3.63, 3.8) is 0 Å². The lowest BCUT2D eigenvalue weighted by molar-refractivity contribution is -0.0338. The molecule has 0 N–H and O–H groups in total. The van der Waals surface area contributed by atoms with Gasteiger partial charge >= 0.3 is 11.0 Å². The summed E-state index contributed by atoms with van der Waals surface area (Å²) in [6.45, 7) is 0. The fraction of sp³-hybridized carbons (Fsp3) is 0.167. The standard InChI is InChI=1S/C12H4F6O2S2/c13-11(14,15)21-7-3-4-8(22-12(16,17)18)10-6(20)2-1-5(19)9(7)10/h1-4H. The Morgan fingerprint density at radius 1 is 0.682 bits per heavy atom. The molecule has 0 saturated carbocycles. The number of hydrogen-bond donors (Lipinski definition) is 0. The predicted octanol–water partition coefficient (Wildman–Crippen LogP) is 4.85. The average molecular weight is 358 g/mol. The van der Waals surface area contributed by atoms with Gasteiger partial charge in [0.2, 0.25) is 0 Å². The first-order valence-corrected chi connectivity index (χ1v) is 7.06. The van der Waals surface area contributed by atoms with Crippen LogP contribution in [0.15, 0.2) is 34.1 Å². The van der Waals surface area contributed by atoms with Crippen molar-refractivity contribution in [1.82, 2.24) is 0 Å². The van der Waals surface area contributed by atoms with Gasteiger partial charge in [0.25, 0.3) is 0 Å². The molecule has 0 fully saturated rings. The lowest BCUT2D eigenvalue weighted by atomic mass is 9.95. The third-order valence-electron chi connectivity index (χ3n) is 2.46. The summed E-state index contributed by atoms with van der Waals surface area (Å²) in [7, 11) is 0. The van der Waals surface area contributed by atoms with Gasteiger partial charge in [0.1, 0.15) is 0 Å². The van der Waals surface area contributed by atoms with Crippen molar-refractivity contribution in [1.29, 1.82) is 0 Å². The van der Waals surface area contributed by atoms with Gasteiger partial charge in [-0.15, -0.1) is 0 Å². The minimum Gasteiger partial charge on any atom is -0.289 e. The Morgan fingerprint density at radius 3 is 1.27 bits per heavy atom. The molecule has 118 valence electrons. The molecule has 22 heavy (non-hydrogen) atoms. The predicted molar refractivity (Wildman–Crippen MR) is 68.1 cm³/mol. The zero-order chi connectivity index (χ0) is 16.7. The fourth-order valence-electron chi connectivity index (χ4n) is 1.79. The number of ketones is 2. The quantitative estimate of drug-likeness (QED) is 0.559. The lowest BCUT2D eigenvalue weighted by Gasteiger charge is -2.18. The maximum Gasteiger partial charge on any atom is 0.446 e. The van der Waals surface area contributed by atoms with Crippen LogP contribution in [0.3, 0.4) is 0 Å². The van der Waals surface area contributed by atoms with E-state index in [0.29, 0.717) is 0 Å². The van der Waals surface area contributed by atoms with Gasteiger partial charge in [0.05, 0.1) is 0 Å². The number of benzene rings is 1. The van der Waals surface area contributed by atoms with E-state index >= 15 is 0 Å². The molecule has 0 spiro atoms. The van der Waals surface area contributed by atoms with E-state index in [0.717, 1.165) is 24.3 Å². The Kier molecular flexibility index (Phi) is 4.35. The zero-order valence-electron chi connectivity index (χ0n) is 10.2. The van der Waals surface area contributed by atoms with Crippen LogP contribution in [0.2, 0.25) is 0 Å². The number of carbonyl (C=O) groups excluding carboxylic acids is 2. The molecule has 0 heterocycles.